The van der Waals surface area contributed by atoms with Crippen LogP contribution in [0.25, 0.3) is 0 Å². The van der Waals surface area contributed by atoms with Gasteiger partial charge in [-0.15, -0.1) is 0 Å². The number of hydrogen-bond donors (Lipinski definition) is 0. The molecule has 3 aromatic rings. The molecule has 0 saturated heterocycles. The number of non-ortho nitro benzene ring substituents is 1. The summed E-state index contributed by atoms with van der Waals surface area (Å²) in [5.74, 6) is -2.31. The first kappa shape index (κ1) is 22.6. The van der Waals surface area contributed by atoms with Crippen LogP contribution >= 0.6 is 0 Å². The van der Waals surface area contributed by atoms with Crippen LogP contribution in [0.3, 0.4) is 0 Å². The number of nitro groups is 3. The van der Waals surface area contributed by atoms with Crippen molar-refractivity contribution >= 4 is 34.9 Å². The monoisotopic (exact) mass is 449 g/mol. The van der Waals surface area contributed by atoms with E-state index in [0.717, 1.165) is 36.4 Å². The standard InChI is InChI=1S/C21H11N3O9/c25-11-13-8-9-17(24(32)33)19(21(27)15-6-1-2-7-16(15)23(30)31)18(13)20(26)12-4-3-5-14(10-12)22(28)29/h1-11H. The number of nitrogens with zero attached hydrogens (tertiary/aromatic N) is 3. The largest absolute Gasteiger partial charge is 0.298 e. The first-order valence-electron chi connectivity index (χ1n) is 9.01. The Labute approximate surface area is 183 Å². The lowest BCUT2D eigenvalue weighted by atomic mass is 9.88. The Kier molecular flexibility index (Phi) is 6.10. The molecule has 0 aliphatic heterocycles. The zero-order valence-electron chi connectivity index (χ0n) is 16.4. The van der Waals surface area contributed by atoms with Crippen molar-refractivity contribution in [1.29, 1.82) is 0 Å². The van der Waals surface area contributed by atoms with E-state index < -0.39 is 65.7 Å². The second kappa shape index (κ2) is 8.93. The highest BCUT2D eigenvalue weighted by Gasteiger charge is 2.34. The van der Waals surface area contributed by atoms with E-state index in [2.05, 4.69) is 0 Å². The van der Waals surface area contributed by atoms with Crippen molar-refractivity contribution in [3.05, 3.63) is 119 Å². The van der Waals surface area contributed by atoms with Crippen LogP contribution in [-0.2, 0) is 0 Å². The molecule has 0 heterocycles. The van der Waals surface area contributed by atoms with E-state index in [9.17, 15) is 44.7 Å². The first-order chi connectivity index (χ1) is 15.7. The van der Waals surface area contributed by atoms with Crippen molar-refractivity contribution < 1.29 is 29.2 Å². The topological polar surface area (TPSA) is 181 Å². The van der Waals surface area contributed by atoms with Gasteiger partial charge in [-0.2, -0.15) is 0 Å². The minimum absolute atomic E-state index is 0.185. The number of aldehydes is 1. The van der Waals surface area contributed by atoms with E-state index in [1.165, 1.54) is 24.3 Å². The average molecular weight is 449 g/mol. The van der Waals surface area contributed by atoms with Gasteiger partial charge in [0.1, 0.15) is 11.1 Å². The number of carbonyl (C=O) groups is 3. The van der Waals surface area contributed by atoms with Gasteiger partial charge in [-0.1, -0.05) is 24.3 Å². The van der Waals surface area contributed by atoms with E-state index in [1.54, 1.807) is 0 Å². The molecule has 0 aromatic heterocycles. The lowest BCUT2D eigenvalue weighted by molar-refractivity contribution is -0.385. The molecule has 0 spiro atoms. The van der Waals surface area contributed by atoms with Gasteiger partial charge in [0.2, 0.25) is 5.78 Å². The Morgan fingerprint density at radius 2 is 1.36 bits per heavy atom. The maximum atomic E-state index is 13.3. The molecular weight excluding hydrogens is 438 g/mol. The predicted molar refractivity (Wildman–Crippen MR) is 112 cm³/mol. The van der Waals surface area contributed by atoms with Gasteiger partial charge in [-0.3, -0.25) is 44.7 Å². The quantitative estimate of drug-likeness (QED) is 0.214. The van der Waals surface area contributed by atoms with Gasteiger partial charge >= 0.3 is 0 Å². The number of rotatable bonds is 8. The van der Waals surface area contributed by atoms with Crippen molar-refractivity contribution in [3.8, 4) is 0 Å². The molecule has 0 aliphatic carbocycles. The smallest absolute Gasteiger partial charge is 0.281 e. The summed E-state index contributed by atoms with van der Waals surface area (Å²) in [5, 5.41) is 34.1. The van der Waals surface area contributed by atoms with Crippen LogP contribution in [0.4, 0.5) is 17.1 Å². The van der Waals surface area contributed by atoms with E-state index in [4.69, 9.17) is 0 Å². The molecule has 0 bridgehead atoms. The predicted octanol–water partition coefficient (Wildman–Crippen LogP) is 3.69. The third kappa shape index (κ3) is 4.20. The fourth-order valence-electron chi connectivity index (χ4n) is 3.20. The van der Waals surface area contributed by atoms with Gasteiger partial charge in [0.05, 0.1) is 20.3 Å². The number of benzene rings is 3. The van der Waals surface area contributed by atoms with Crippen LogP contribution in [0.2, 0.25) is 0 Å². The van der Waals surface area contributed by atoms with Crippen molar-refractivity contribution in [2.45, 2.75) is 0 Å². The summed E-state index contributed by atoms with van der Waals surface area (Å²) in [6.07, 6.45) is 0.185. The van der Waals surface area contributed by atoms with E-state index in [-0.39, 0.29) is 11.8 Å². The van der Waals surface area contributed by atoms with Crippen molar-refractivity contribution in [3.63, 3.8) is 0 Å². The summed E-state index contributed by atoms with van der Waals surface area (Å²) in [5.41, 5.74) is -4.78. The molecule has 0 N–H and O–H groups in total. The SMILES string of the molecule is O=Cc1ccc([N+](=O)[O-])c(C(=O)c2ccccc2[N+](=O)[O-])c1C(=O)c1cccc([N+](=O)[O-])c1. The lowest BCUT2D eigenvalue weighted by Crippen LogP contribution is -2.17. The van der Waals surface area contributed by atoms with Gasteiger partial charge in [0.25, 0.3) is 17.1 Å². The van der Waals surface area contributed by atoms with E-state index in [0.29, 0.717) is 0 Å². The molecule has 0 amide bonds. The summed E-state index contributed by atoms with van der Waals surface area (Å²) < 4.78 is 0. The fraction of sp³-hybridized carbons (Fsp3) is 0. The number of nitro benzene ring substituents is 3. The molecule has 0 aliphatic rings. The van der Waals surface area contributed by atoms with Crippen LogP contribution in [0.15, 0.2) is 60.7 Å². The van der Waals surface area contributed by atoms with Gasteiger partial charge in [0, 0.05) is 35.4 Å². The Morgan fingerprint density at radius 3 is 1.97 bits per heavy atom. The second-order valence-corrected chi connectivity index (χ2v) is 6.54. The molecule has 3 rings (SSSR count). The summed E-state index contributed by atoms with van der Waals surface area (Å²) >= 11 is 0. The first-order valence-corrected chi connectivity index (χ1v) is 9.01. The molecule has 3 aromatic carbocycles. The highest BCUT2D eigenvalue weighted by molar-refractivity contribution is 6.24. The van der Waals surface area contributed by atoms with E-state index >= 15 is 0 Å². The maximum absolute atomic E-state index is 13.3. The van der Waals surface area contributed by atoms with E-state index in [1.807, 2.05) is 0 Å². The molecule has 164 valence electrons. The molecule has 0 saturated carbocycles. The normalized spacial score (nSPS) is 10.3. The molecule has 0 fully saturated rings. The fourth-order valence-corrected chi connectivity index (χ4v) is 3.20. The van der Waals surface area contributed by atoms with Crippen LogP contribution in [0.1, 0.15) is 42.2 Å². The summed E-state index contributed by atoms with van der Waals surface area (Å²) in [6, 6.07) is 10.7. The number of para-hydroxylation sites is 1. The Hall–Kier alpha value is -5.13. The molecular formula is C21H11N3O9. The molecule has 0 atom stereocenters. The van der Waals surface area contributed by atoms with Crippen molar-refractivity contribution in [2.24, 2.45) is 0 Å². The Bertz CT molecular complexity index is 1360. The lowest BCUT2D eigenvalue weighted by Gasteiger charge is -2.12. The summed E-state index contributed by atoms with van der Waals surface area (Å²) in [4.78, 5) is 69.7. The zero-order chi connectivity index (χ0) is 24.3. The van der Waals surface area contributed by atoms with Gasteiger partial charge < -0.3 is 0 Å². The van der Waals surface area contributed by atoms with Crippen molar-refractivity contribution in [2.75, 3.05) is 0 Å². The second-order valence-electron chi connectivity index (χ2n) is 6.54. The summed E-state index contributed by atoms with van der Waals surface area (Å²) in [7, 11) is 0. The maximum Gasteiger partial charge on any atom is 0.281 e. The number of carbonyl (C=O) groups excluding carboxylic acids is 3. The molecule has 33 heavy (non-hydrogen) atoms. The van der Waals surface area contributed by atoms with Crippen LogP contribution in [0, 0.1) is 30.3 Å². The minimum atomic E-state index is -1.23. The molecule has 0 unspecified atom stereocenters. The summed E-state index contributed by atoms with van der Waals surface area (Å²) in [6.45, 7) is 0. The van der Waals surface area contributed by atoms with Gasteiger partial charge in [-0.25, -0.2) is 0 Å². The number of ketones is 2. The Morgan fingerprint density at radius 1 is 0.697 bits per heavy atom. The molecule has 0 radical (unpaired) electrons. The minimum Gasteiger partial charge on any atom is -0.298 e. The van der Waals surface area contributed by atoms with Crippen LogP contribution in [-0.4, -0.2) is 32.6 Å². The third-order valence-electron chi connectivity index (χ3n) is 4.66. The van der Waals surface area contributed by atoms with Crippen molar-refractivity contribution in [1.82, 2.24) is 0 Å². The molecule has 12 heteroatoms. The highest BCUT2D eigenvalue weighted by atomic mass is 16.6. The average Bonchev–Trinajstić information content (AvgIpc) is 2.82. The zero-order valence-corrected chi connectivity index (χ0v) is 16.4. The van der Waals surface area contributed by atoms with Crippen LogP contribution in [0.5, 0.6) is 0 Å². The Balaban J connectivity index is 2.36. The van der Waals surface area contributed by atoms with Crippen LogP contribution < -0.4 is 0 Å². The number of hydrogen-bond acceptors (Lipinski definition) is 9. The molecule has 12 nitrogen and oxygen atoms in total. The van der Waals surface area contributed by atoms with Gasteiger partial charge in [-0.05, 0) is 12.1 Å². The third-order valence-corrected chi connectivity index (χ3v) is 4.66. The van der Waals surface area contributed by atoms with Gasteiger partial charge in [0.15, 0.2) is 12.1 Å². The highest BCUT2D eigenvalue weighted by Crippen LogP contribution is 2.32.